The van der Waals surface area contributed by atoms with Crippen LogP contribution in [0.1, 0.15) is 19.8 Å². The van der Waals surface area contributed by atoms with Gasteiger partial charge in [0.2, 0.25) is 0 Å². The molecule has 0 radical (unpaired) electrons. The first-order valence-corrected chi connectivity index (χ1v) is 9.67. The third-order valence-electron chi connectivity index (χ3n) is 5.16. The maximum Gasteiger partial charge on any atom is 0.186 e. The van der Waals surface area contributed by atoms with E-state index in [-0.39, 0.29) is 0 Å². The summed E-state index contributed by atoms with van der Waals surface area (Å²) in [6.45, 7) is 6.93. The van der Waals surface area contributed by atoms with Crippen LogP contribution >= 0.6 is 11.3 Å². The zero-order valence-electron chi connectivity index (χ0n) is 14.8. The van der Waals surface area contributed by atoms with Gasteiger partial charge in [0, 0.05) is 26.2 Å². The van der Waals surface area contributed by atoms with E-state index >= 15 is 0 Å². The minimum Gasteiger partial charge on any atom is -0.494 e. The molecule has 3 heterocycles. The lowest BCUT2D eigenvalue weighted by Crippen LogP contribution is -2.42. The molecule has 2 fully saturated rings. The lowest BCUT2D eigenvalue weighted by molar-refractivity contribution is 0.0351. The van der Waals surface area contributed by atoms with Gasteiger partial charge in [0.05, 0.1) is 36.3 Å². The second-order valence-corrected chi connectivity index (χ2v) is 8.02. The van der Waals surface area contributed by atoms with E-state index in [4.69, 9.17) is 14.5 Å². The zero-order chi connectivity index (χ0) is 17.4. The summed E-state index contributed by atoms with van der Waals surface area (Å²) in [6, 6.07) is 4.15. The Balaban J connectivity index is 1.70. The molecule has 1 N–H and O–H groups in total. The minimum atomic E-state index is -0.552. The molecule has 0 saturated carbocycles. The third-order valence-corrected chi connectivity index (χ3v) is 6.30. The van der Waals surface area contributed by atoms with Crippen molar-refractivity contribution in [1.82, 2.24) is 4.98 Å². The van der Waals surface area contributed by atoms with Crippen LogP contribution in [-0.2, 0) is 4.74 Å². The van der Waals surface area contributed by atoms with E-state index in [2.05, 4.69) is 15.9 Å². The molecular weight excluding hydrogens is 338 g/mol. The van der Waals surface area contributed by atoms with Gasteiger partial charge in [-0.15, -0.1) is 0 Å². The number of ether oxygens (including phenoxy) is 2. The van der Waals surface area contributed by atoms with Gasteiger partial charge in [-0.3, -0.25) is 0 Å². The van der Waals surface area contributed by atoms with Crippen molar-refractivity contribution >= 4 is 32.4 Å². The van der Waals surface area contributed by atoms with E-state index in [0.717, 1.165) is 68.6 Å². The number of benzene rings is 1. The maximum atomic E-state index is 10.2. The number of nitrogens with zero attached hydrogens (tertiary/aromatic N) is 3. The lowest BCUT2D eigenvalue weighted by atomic mass is 9.94. The number of rotatable bonds is 3. The molecule has 2 saturated heterocycles. The summed E-state index contributed by atoms with van der Waals surface area (Å²) in [6.07, 6.45) is 1.55. The average molecular weight is 363 g/mol. The van der Waals surface area contributed by atoms with Crippen LogP contribution in [0.2, 0.25) is 0 Å². The Bertz CT molecular complexity index is 745. The molecule has 25 heavy (non-hydrogen) atoms. The standard InChI is InChI=1S/C18H25N3O3S/c1-18(22)5-7-21(8-6-18)17-19-15-14(23-2)4-3-13(16(15)25-17)20-9-11-24-12-10-20/h3-4,22H,5-12H2,1-2H3. The monoisotopic (exact) mass is 363 g/mol. The van der Waals surface area contributed by atoms with Gasteiger partial charge in [-0.1, -0.05) is 11.3 Å². The zero-order valence-corrected chi connectivity index (χ0v) is 15.6. The molecule has 136 valence electrons. The highest BCUT2D eigenvalue weighted by Crippen LogP contribution is 2.41. The Morgan fingerprint density at radius 3 is 2.56 bits per heavy atom. The number of fused-ring (bicyclic) bond motifs is 1. The lowest BCUT2D eigenvalue weighted by Gasteiger charge is -2.35. The Hall–Kier alpha value is -1.57. The molecule has 2 aromatic rings. The largest absolute Gasteiger partial charge is 0.494 e. The van der Waals surface area contributed by atoms with Crippen molar-refractivity contribution in [1.29, 1.82) is 0 Å². The van der Waals surface area contributed by atoms with Crippen molar-refractivity contribution < 1.29 is 14.6 Å². The summed E-state index contributed by atoms with van der Waals surface area (Å²) >= 11 is 1.72. The van der Waals surface area contributed by atoms with Crippen LogP contribution in [0.5, 0.6) is 5.75 Å². The molecule has 7 heteroatoms. The predicted octanol–water partition coefficient (Wildman–Crippen LogP) is 2.49. The number of hydrogen-bond donors (Lipinski definition) is 1. The van der Waals surface area contributed by atoms with E-state index in [9.17, 15) is 5.11 Å². The van der Waals surface area contributed by atoms with Crippen LogP contribution in [0.3, 0.4) is 0 Å². The number of hydrogen-bond acceptors (Lipinski definition) is 7. The summed E-state index contributed by atoms with van der Waals surface area (Å²) in [5.41, 5.74) is 1.60. The normalized spacial score (nSPS) is 20.9. The molecule has 2 aliphatic rings. The van der Waals surface area contributed by atoms with Gasteiger partial charge in [0.25, 0.3) is 0 Å². The minimum absolute atomic E-state index is 0.552. The van der Waals surface area contributed by atoms with Crippen molar-refractivity contribution in [2.45, 2.75) is 25.4 Å². The van der Waals surface area contributed by atoms with E-state index in [1.165, 1.54) is 10.4 Å². The predicted molar refractivity (Wildman–Crippen MR) is 101 cm³/mol. The smallest absolute Gasteiger partial charge is 0.186 e. The van der Waals surface area contributed by atoms with Crippen LogP contribution in [0.4, 0.5) is 10.8 Å². The van der Waals surface area contributed by atoms with Gasteiger partial charge in [0.1, 0.15) is 11.3 Å². The van der Waals surface area contributed by atoms with Gasteiger partial charge in [-0.25, -0.2) is 4.98 Å². The summed E-state index contributed by atoms with van der Waals surface area (Å²) < 4.78 is 12.2. The number of morpholine rings is 1. The highest BCUT2D eigenvalue weighted by Gasteiger charge is 2.29. The third kappa shape index (κ3) is 3.28. The van der Waals surface area contributed by atoms with Crippen molar-refractivity contribution in [3.05, 3.63) is 12.1 Å². The number of methoxy groups -OCH3 is 1. The fourth-order valence-electron chi connectivity index (χ4n) is 3.49. The maximum absolute atomic E-state index is 10.2. The molecule has 0 amide bonds. The molecule has 1 aromatic heterocycles. The molecule has 0 aliphatic carbocycles. The Kier molecular flexibility index (Phi) is 4.47. The first-order chi connectivity index (χ1) is 12.1. The molecule has 0 atom stereocenters. The van der Waals surface area contributed by atoms with Gasteiger partial charge < -0.3 is 24.4 Å². The second-order valence-electron chi connectivity index (χ2n) is 7.04. The summed E-state index contributed by atoms with van der Waals surface area (Å²) in [5.74, 6) is 0.818. The molecule has 1 aromatic carbocycles. The average Bonchev–Trinajstić information content (AvgIpc) is 3.06. The molecule has 0 spiro atoms. The fourth-order valence-corrected chi connectivity index (χ4v) is 4.67. The second kappa shape index (κ2) is 6.63. The van der Waals surface area contributed by atoms with E-state index in [1.54, 1.807) is 18.4 Å². The summed E-state index contributed by atoms with van der Waals surface area (Å²) in [7, 11) is 1.69. The number of anilines is 2. The highest BCUT2D eigenvalue weighted by atomic mass is 32.1. The van der Waals surface area contributed by atoms with Crippen LogP contribution in [0, 0.1) is 0 Å². The van der Waals surface area contributed by atoms with Crippen molar-refractivity contribution in [3.63, 3.8) is 0 Å². The summed E-state index contributed by atoms with van der Waals surface area (Å²) in [5, 5.41) is 11.2. The van der Waals surface area contributed by atoms with Crippen LogP contribution < -0.4 is 14.5 Å². The van der Waals surface area contributed by atoms with Gasteiger partial charge >= 0.3 is 0 Å². The van der Waals surface area contributed by atoms with Crippen LogP contribution in [0.15, 0.2) is 12.1 Å². The first kappa shape index (κ1) is 16.9. The molecule has 2 aliphatic heterocycles. The Morgan fingerprint density at radius 1 is 1.16 bits per heavy atom. The van der Waals surface area contributed by atoms with Gasteiger partial charge in [-0.05, 0) is 31.9 Å². The number of aliphatic hydroxyl groups is 1. The quantitative estimate of drug-likeness (QED) is 0.904. The van der Waals surface area contributed by atoms with Crippen molar-refractivity contribution in [2.75, 3.05) is 56.3 Å². The summed E-state index contributed by atoms with van der Waals surface area (Å²) in [4.78, 5) is 9.54. The Labute approximate surface area is 152 Å². The van der Waals surface area contributed by atoms with Gasteiger partial charge in [0.15, 0.2) is 5.13 Å². The van der Waals surface area contributed by atoms with E-state index in [1.807, 2.05) is 13.0 Å². The fraction of sp³-hybridized carbons (Fsp3) is 0.611. The number of thiazole rings is 1. The van der Waals surface area contributed by atoms with Crippen molar-refractivity contribution in [3.8, 4) is 5.75 Å². The van der Waals surface area contributed by atoms with Crippen LogP contribution in [0.25, 0.3) is 10.2 Å². The van der Waals surface area contributed by atoms with Gasteiger partial charge in [-0.2, -0.15) is 0 Å². The van der Waals surface area contributed by atoms with Crippen molar-refractivity contribution in [2.24, 2.45) is 0 Å². The van der Waals surface area contributed by atoms with E-state index < -0.39 is 5.60 Å². The van der Waals surface area contributed by atoms with E-state index in [0.29, 0.717) is 0 Å². The molecule has 0 unspecified atom stereocenters. The van der Waals surface area contributed by atoms with Crippen LogP contribution in [-0.4, -0.2) is 62.2 Å². The first-order valence-electron chi connectivity index (χ1n) is 8.85. The molecule has 4 rings (SSSR count). The topological polar surface area (TPSA) is 58.1 Å². The molecule has 6 nitrogen and oxygen atoms in total. The molecule has 0 bridgehead atoms. The Morgan fingerprint density at radius 2 is 1.88 bits per heavy atom. The highest BCUT2D eigenvalue weighted by molar-refractivity contribution is 7.22. The number of aromatic nitrogens is 1. The number of piperidine rings is 1. The molecular formula is C18H25N3O3S. The SMILES string of the molecule is COc1ccc(N2CCOCC2)c2sc(N3CCC(C)(O)CC3)nc12.